The molecule has 3 rings (SSSR count). The smallest absolute Gasteiger partial charge is 0.124 e. The molecule has 2 aromatic carbocycles. The van der Waals surface area contributed by atoms with Gasteiger partial charge in [-0.3, -0.25) is 0 Å². The molecule has 3 N–H and O–H groups in total. The monoisotopic (exact) mass is 282 g/mol. The van der Waals surface area contributed by atoms with Gasteiger partial charge in [-0.05, 0) is 36.4 Å². The van der Waals surface area contributed by atoms with Crippen molar-refractivity contribution >= 4 is 5.69 Å². The largest absolute Gasteiger partial charge is 0.508 e. The van der Waals surface area contributed by atoms with Crippen molar-refractivity contribution in [2.24, 2.45) is 0 Å². The summed E-state index contributed by atoms with van der Waals surface area (Å²) in [6, 6.07) is 12.2. The normalized spacial score (nSPS) is 10.5. The molecule has 21 heavy (non-hydrogen) atoms. The van der Waals surface area contributed by atoms with E-state index >= 15 is 0 Å². The summed E-state index contributed by atoms with van der Waals surface area (Å²) in [5.41, 5.74) is 2.50. The number of rotatable bonds is 4. The van der Waals surface area contributed by atoms with Crippen molar-refractivity contribution in [2.45, 2.75) is 6.54 Å². The lowest BCUT2D eigenvalue weighted by molar-refractivity contribution is 0.446. The number of phenols is 2. The van der Waals surface area contributed by atoms with Crippen LogP contribution in [0.25, 0.3) is 5.69 Å². The predicted octanol–water partition coefficient (Wildman–Crippen LogP) is 2.29. The first-order valence-electron chi connectivity index (χ1n) is 6.44. The number of aromatic hydroxyl groups is 2. The highest BCUT2D eigenvalue weighted by Gasteiger charge is 2.03. The van der Waals surface area contributed by atoms with Crippen LogP contribution >= 0.6 is 0 Å². The first-order valence-corrected chi connectivity index (χ1v) is 6.44. The Morgan fingerprint density at radius 2 is 1.67 bits per heavy atom. The van der Waals surface area contributed by atoms with Crippen LogP contribution in [0, 0.1) is 0 Å². The van der Waals surface area contributed by atoms with Crippen LogP contribution in [0.4, 0.5) is 5.69 Å². The van der Waals surface area contributed by atoms with Crippen molar-refractivity contribution < 1.29 is 10.2 Å². The van der Waals surface area contributed by atoms with Crippen LogP contribution in [-0.4, -0.2) is 25.2 Å². The lowest BCUT2D eigenvalue weighted by Gasteiger charge is -2.09. The fourth-order valence-electron chi connectivity index (χ4n) is 1.96. The highest BCUT2D eigenvalue weighted by Crippen LogP contribution is 2.23. The van der Waals surface area contributed by atoms with E-state index in [1.54, 1.807) is 24.5 Å². The average Bonchev–Trinajstić information content (AvgIpc) is 3.01. The second kappa shape index (κ2) is 5.54. The Morgan fingerprint density at radius 1 is 0.952 bits per heavy atom. The molecular formula is C15H14N4O2. The summed E-state index contributed by atoms with van der Waals surface area (Å²) in [4.78, 5) is 1.54. The van der Waals surface area contributed by atoms with Crippen LogP contribution in [0.3, 0.4) is 0 Å². The maximum atomic E-state index is 9.72. The molecule has 1 heterocycles. The minimum atomic E-state index is 0.0484. The minimum absolute atomic E-state index is 0.0484. The number of phenolic OH excluding ortho intramolecular Hbond substituents is 2. The molecule has 106 valence electrons. The van der Waals surface area contributed by atoms with Gasteiger partial charge in [0.1, 0.15) is 11.5 Å². The molecule has 0 aliphatic rings. The van der Waals surface area contributed by atoms with Crippen LogP contribution in [0.1, 0.15) is 5.56 Å². The zero-order chi connectivity index (χ0) is 14.7. The molecule has 0 atom stereocenters. The summed E-state index contributed by atoms with van der Waals surface area (Å²) in [7, 11) is 0. The number of anilines is 1. The standard InChI is InChI=1S/C15H14N4O2/c20-14-6-1-11(15(21)9-14)10-16-12-2-4-13(5-3-12)19-17-7-8-18-19/h1-9,16,20-21H,10H2. The first-order chi connectivity index (χ1) is 10.2. The van der Waals surface area contributed by atoms with Gasteiger partial charge in [0.25, 0.3) is 0 Å². The topological polar surface area (TPSA) is 83.2 Å². The van der Waals surface area contributed by atoms with Crippen LogP contribution in [-0.2, 0) is 6.54 Å². The Bertz CT molecular complexity index is 724. The Kier molecular flexibility index (Phi) is 3.42. The summed E-state index contributed by atoms with van der Waals surface area (Å²) in [5.74, 6) is 0.118. The van der Waals surface area contributed by atoms with E-state index in [0.29, 0.717) is 12.1 Å². The summed E-state index contributed by atoms with van der Waals surface area (Å²) in [6.07, 6.45) is 3.25. The lowest BCUT2D eigenvalue weighted by Crippen LogP contribution is -2.01. The molecule has 6 heteroatoms. The fraction of sp³-hybridized carbons (Fsp3) is 0.0667. The van der Waals surface area contributed by atoms with E-state index in [0.717, 1.165) is 11.4 Å². The molecule has 0 saturated heterocycles. The van der Waals surface area contributed by atoms with E-state index in [2.05, 4.69) is 15.5 Å². The number of hydrogen-bond donors (Lipinski definition) is 3. The molecule has 3 aromatic rings. The van der Waals surface area contributed by atoms with E-state index < -0.39 is 0 Å². The van der Waals surface area contributed by atoms with E-state index in [9.17, 15) is 10.2 Å². The van der Waals surface area contributed by atoms with E-state index in [-0.39, 0.29) is 11.5 Å². The predicted molar refractivity (Wildman–Crippen MR) is 78.5 cm³/mol. The van der Waals surface area contributed by atoms with Crippen molar-refractivity contribution in [3.63, 3.8) is 0 Å². The van der Waals surface area contributed by atoms with Gasteiger partial charge in [0.05, 0.1) is 18.1 Å². The van der Waals surface area contributed by atoms with Crippen LogP contribution in [0.15, 0.2) is 54.9 Å². The molecular weight excluding hydrogens is 268 g/mol. The Labute approximate surface area is 121 Å². The number of hydrogen-bond acceptors (Lipinski definition) is 5. The molecule has 0 fully saturated rings. The van der Waals surface area contributed by atoms with Crippen molar-refractivity contribution in [3.8, 4) is 17.2 Å². The second-order valence-corrected chi connectivity index (χ2v) is 4.53. The van der Waals surface area contributed by atoms with Gasteiger partial charge in [-0.25, -0.2) is 0 Å². The lowest BCUT2D eigenvalue weighted by atomic mass is 10.2. The Hall–Kier alpha value is -3.02. The summed E-state index contributed by atoms with van der Waals surface area (Å²) < 4.78 is 0. The third-order valence-corrected chi connectivity index (χ3v) is 3.07. The van der Waals surface area contributed by atoms with Gasteiger partial charge in [-0.1, -0.05) is 0 Å². The maximum Gasteiger partial charge on any atom is 0.124 e. The van der Waals surface area contributed by atoms with Crippen LogP contribution in [0.2, 0.25) is 0 Å². The SMILES string of the molecule is Oc1ccc(CNc2ccc(-n3nccn3)cc2)c(O)c1. The molecule has 1 aromatic heterocycles. The van der Waals surface area contributed by atoms with Crippen molar-refractivity contribution in [2.75, 3.05) is 5.32 Å². The molecule has 0 amide bonds. The zero-order valence-corrected chi connectivity index (χ0v) is 11.1. The molecule has 6 nitrogen and oxygen atoms in total. The number of nitrogens with zero attached hydrogens (tertiary/aromatic N) is 3. The highest BCUT2D eigenvalue weighted by atomic mass is 16.3. The molecule has 0 unspecified atom stereocenters. The zero-order valence-electron chi connectivity index (χ0n) is 11.1. The average molecular weight is 282 g/mol. The van der Waals surface area contributed by atoms with Gasteiger partial charge in [0, 0.05) is 23.9 Å². The van der Waals surface area contributed by atoms with E-state index in [1.165, 1.54) is 10.9 Å². The molecule has 0 saturated carbocycles. The first kappa shape index (κ1) is 13.0. The summed E-state index contributed by atoms with van der Waals surface area (Å²) in [5, 5.41) is 30.3. The third-order valence-electron chi connectivity index (χ3n) is 3.07. The number of aromatic nitrogens is 3. The second-order valence-electron chi connectivity index (χ2n) is 4.53. The number of benzene rings is 2. The molecule has 0 radical (unpaired) electrons. The van der Waals surface area contributed by atoms with Crippen LogP contribution in [0.5, 0.6) is 11.5 Å². The Morgan fingerprint density at radius 3 is 2.33 bits per heavy atom. The quantitative estimate of drug-likeness (QED) is 0.684. The minimum Gasteiger partial charge on any atom is -0.508 e. The summed E-state index contributed by atoms with van der Waals surface area (Å²) >= 11 is 0. The van der Waals surface area contributed by atoms with Gasteiger partial charge >= 0.3 is 0 Å². The van der Waals surface area contributed by atoms with E-state index in [4.69, 9.17) is 0 Å². The van der Waals surface area contributed by atoms with Gasteiger partial charge in [0.15, 0.2) is 0 Å². The summed E-state index contributed by atoms with van der Waals surface area (Å²) in [6.45, 7) is 0.464. The highest BCUT2D eigenvalue weighted by molar-refractivity contribution is 5.49. The van der Waals surface area contributed by atoms with Crippen molar-refractivity contribution in [1.82, 2.24) is 15.0 Å². The molecule has 0 aliphatic carbocycles. The van der Waals surface area contributed by atoms with Gasteiger partial charge in [-0.2, -0.15) is 15.0 Å². The maximum absolute atomic E-state index is 9.72. The van der Waals surface area contributed by atoms with Crippen molar-refractivity contribution in [3.05, 3.63) is 60.4 Å². The van der Waals surface area contributed by atoms with Crippen molar-refractivity contribution in [1.29, 1.82) is 0 Å². The van der Waals surface area contributed by atoms with Gasteiger partial charge < -0.3 is 15.5 Å². The Balaban J connectivity index is 1.68. The molecule has 0 aliphatic heterocycles. The van der Waals surface area contributed by atoms with Gasteiger partial charge in [0.2, 0.25) is 0 Å². The molecule has 0 spiro atoms. The third kappa shape index (κ3) is 2.94. The fourth-order valence-corrected chi connectivity index (χ4v) is 1.96. The van der Waals surface area contributed by atoms with Crippen LogP contribution < -0.4 is 5.32 Å². The van der Waals surface area contributed by atoms with E-state index in [1.807, 2.05) is 24.3 Å². The molecule has 0 bridgehead atoms. The van der Waals surface area contributed by atoms with Gasteiger partial charge in [-0.15, -0.1) is 0 Å². The number of nitrogens with one attached hydrogen (secondary N) is 1.